The van der Waals surface area contributed by atoms with Crippen LogP contribution in [0.15, 0.2) is 29.2 Å². The fourth-order valence-electron chi connectivity index (χ4n) is 1.22. The van der Waals surface area contributed by atoms with Gasteiger partial charge in [0.05, 0.1) is 0 Å². The highest BCUT2D eigenvalue weighted by Crippen LogP contribution is 2.26. The van der Waals surface area contributed by atoms with E-state index in [-0.39, 0.29) is 18.4 Å². The third kappa shape index (κ3) is 5.65. The number of hydrogen-bond donors (Lipinski definition) is 2. The number of anilines is 1. The van der Waals surface area contributed by atoms with Crippen molar-refractivity contribution in [3.05, 3.63) is 24.3 Å². The minimum absolute atomic E-state index is 0.186. The summed E-state index contributed by atoms with van der Waals surface area (Å²) in [5.41, 5.74) is 6.06. The molecule has 0 fully saturated rings. The highest BCUT2D eigenvalue weighted by Gasteiger charge is 2.07. The van der Waals surface area contributed by atoms with Gasteiger partial charge in [-0.3, -0.25) is 4.79 Å². The van der Waals surface area contributed by atoms with Gasteiger partial charge >= 0.3 is 0 Å². The molecule has 0 radical (unpaired) electrons. The maximum absolute atomic E-state index is 12.1. The first kappa shape index (κ1) is 13.9. The molecule has 1 unspecified atom stereocenters. The Balaban J connectivity index is 2.53. The normalized spacial score (nSPS) is 12.5. The van der Waals surface area contributed by atoms with E-state index in [0.29, 0.717) is 22.3 Å². The fourth-order valence-corrected chi connectivity index (χ4v) is 1.72. The van der Waals surface area contributed by atoms with Crippen molar-refractivity contribution in [2.75, 3.05) is 5.32 Å². The number of nitrogens with two attached hydrogens (primary N) is 1. The number of amides is 1. The molecule has 0 aromatic heterocycles. The molecule has 1 aromatic rings. The predicted octanol–water partition coefficient (Wildman–Crippen LogP) is 2.68. The van der Waals surface area contributed by atoms with Crippen molar-refractivity contribution in [1.82, 2.24) is 0 Å². The Morgan fingerprint density at radius 1 is 1.41 bits per heavy atom. The molecular weight excluding hydrogens is 246 g/mol. The third-order valence-electron chi connectivity index (χ3n) is 1.87. The molecule has 6 heteroatoms. The van der Waals surface area contributed by atoms with Gasteiger partial charge in [0.25, 0.3) is 5.76 Å². The van der Waals surface area contributed by atoms with E-state index in [1.54, 1.807) is 19.1 Å². The predicted molar refractivity (Wildman–Crippen MR) is 65.2 cm³/mol. The largest absolute Gasteiger partial charge is 0.327 e. The van der Waals surface area contributed by atoms with Crippen LogP contribution in [-0.4, -0.2) is 17.7 Å². The van der Waals surface area contributed by atoms with Crippen LogP contribution in [0.4, 0.5) is 14.5 Å². The lowest BCUT2D eigenvalue weighted by Gasteiger charge is -2.07. The zero-order valence-corrected chi connectivity index (χ0v) is 10.1. The average molecular weight is 260 g/mol. The monoisotopic (exact) mass is 260 g/mol. The van der Waals surface area contributed by atoms with Crippen LogP contribution in [-0.2, 0) is 4.79 Å². The zero-order valence-electron chi connectivity index (χ0n) is 9.32. The molecule has 1 atom stereocenters. The van der Waals surface area contributed by atoms with E-state index in [1.165, 1.54) is 12.1 Å². The summed E-state index contributed by atoms with van der Waals surface area (Å²) in [4.78, 5) is 11.8. The molecule has 94 valence electrons. The molecule has 0 aliphatic carbocycles. The molecule has 3 nitrogen and oxygen atoms in total. The van der Waals surface area contributed by atoms with Gasteiger partial charge in [-0.1, -0.05) is 11.8 Å². The van der Waals surface area contributed by atoms with Crippen molar-refractivity contribution in [2.24, 2.45) is 5.73 Å². The van der Waals surface area contributed by atoms with Gasteiger partial charge in [0.1, 0.15) is 0 Å². The molecule has 1 amide bonds. The lowest BCUT2D eigenvalue weighted by Crippen LogP contribution is -2.23. The van der Waals surface area contributed by atoms with Crippen LogP contribution in [0, 0.1) is 0 Å². The van der Waals surface area contributed by atoms with Crippen molar-refractivity contribution in [1.29, 1.82) is 0 Å². The summed E-state index contributed by atoms with van der Waals surface area (Å²) >= 11 is 0.471. The lowest BCUT2D eigenvalue weighted by atomic mass is 10.2. The second-order valence-corrected chi connectivity index (χ2v) is 4.70. The Morgan fingerprint density at radius 3 is 2.47 bits per heavy atom. The number of thioether (sulfide) groups is 1. The Hall–Kier alpha value is -1.14. The van der Waals surface area contributed by atoms with Gasteiger partial charge in [-0.2, -0.15) is 8.78 Å². The molecule has 17 heavy (non-hydrogen) atoms. The highest BCUT2D eigenvalue weighted by atomic mass is 32.2. The molecule has 0 aliphatic rings. The van der Waals surface area contributed by atoms with Gasteiger partial charge < -0.3 is 11.1 Å². The molecule has 0 saturated heterocycles. The van der Waals surface area contributed by atoms with Gasteiger partial charge in [-0.15, -0.1) is 0 Å². The fraction of sp³-hybridized carbons (Fsp3) is 0.364. The summed E-state index contributed by atoms with van der Waals surface area (Å²) in [5, 5.41) is 2.64. The molecular formula is C11H14F2N2OS. The molecule has 0 aliphatic heterocycles. The maximum atomic E-state index is 12.1. The number of halogens is 2. The van der Waals surface area contributed by atoms with Crippen LogP contribution < -0.4 is 11.1 Å². The number of hydrogen-bond acceptors (Lipinski definition) is 3. The van der Waals surface area contributed by atoms with Crippen LogP contribution in [0.1, 0.15) is 13.3 Å². The number of nitrogens with one attached hydrogen (secondary N) is 1. The smallest absolute Gasteiger partial charge is 0.288 e. The lowest BCUT2D eigenvalue weighted by molar-refractivity contribution is -0.116. The summed E-state index contributed by atoms with van der Waals surface area (Å²) < 4.78 is 24.1. The van der Waals surface area contributed by atoms with Gasteiger partial charge in [-0.25, -0.2) is 0 Å². The molecule has 0 bridgehead atoms. The van der Waals surface area contributed by atoms with Gasteiger partial charge in [0.15, 0.2) is 0 Å². The van der Waals surface area contributed by atoms with Crippen LogP contribution in [0.3, 0.4) is 0 Å². The Bertz CT molecular complexity index is 368. The summed E-state index contributed by atoms with van der Waals surface area (Å²) in [6.07, 6.45) is 0.230. The van der Waals surface area contributed by atoms with E-state index in [2.05, 4.69) is 5.32 Å². The first-order valence-electron chi connectivity index (χ1n) is 5.07. The van der Waals surface area contributed by atoms with Gasteiger partial charge in [0.2, 0.25) is 5.91 Å². The number of rotatable bonds is 5. The standard InChI is InChI=1S/C11H14F2N2OS/c1-7(14)6-10(16)15-8-2-4-9(5-3-8)17-11(12)13/h2-5,7,11H,6,14H2,1H3,(H,15,16). The Kier molecular flexibility index (Phi) is 5.37. The summed E-state index contributed by atoms with van der Waals surface area (Å²) in [5.74, 6) is -2.62. The second kappa shape index (κ2) is 6.56. The number of carbonyl (C=O) groups excluding carboxylic acids is 1. The second-order valence-electron chi connectivity index (χ2n) is 3.63. The number of alkyl halides is 2. The van der Waals surface area contributed by atoms with E-state index >= 15 is 0 Å². The minimum atomic E-state index is -2.44. The first-order chi connectivity index (χ1) is 7.97. The number of benzene rings is 1. The van der Waals surface area contributed by atoms with E-state index < -0.39 is 5.76 Å². The van der Waals surface area contributed by atoms with Crippen molar-refractivity contribution in [3.63, 3.8) is 0 Å². The summed E-state index contributed by atoms with van der Waals surface area (Å²) in [6.45, 7) is 1.74. The third-order valence-corrected chi connectivity index (χ3v) is 2.59. The topological polar surface area (TPSA) is 55.1 Å². The van der Waals surface area contributed by atoms with Crippen molar-refractivity contribution < 1.29 is 13.6 Å². The van der Waals surface area contributed by atoms with Crippen LogP contribution in [0.2, 0.25) is 0 Å². The average Bonchev–Trinajstić information content (AvgIpc) is 2.18. The molecule has 0 saturated carbocycles. The Morgan fingerprint density at radius 2 is 2.00 bits per heavy atom. The molecule has 0 heterocycles. The first-order valence-corrected chi connectivity index (χ1v) is 5.95. The van der Waals surface area contributed by atoms with E-state index in [9.17, 15) is 13.6 Å². The SMILES string of the molecule is CC(N)CC(=O)Nc1ccc(SC(F)F)cc1. The van der Waals surface area contributed by atoms with Crippen LogP contribution in [0.5, 0.6) is 0 Å². The van der Waals surface area contributed by atoms with Crippen molar-refractivity contribution in [2.45, 2.75) is 30.0 Å². The van der Waals surface area contributed by atoms with Crippen LogP contribution in [0.25, 0.3) is 0 Å². The van der Waals surface area contributed by atoms with Crippen molar-refractivity contribution in [3.8, 4) is 0 Å². The Labute approximate surface area is 103 Å². The van der Waals surface area contributed by atoms with E-state index in [0.717, 1.165) is 0 Å². The van der Waals surface area contributed by atoms with Crippen molar-refractivity contribution >= 4 is 23.4 Å². The minimum Gasteiger partial charge on any atom is -0.327 e. The van der Waals surface area contributed by atoms with Crippen LogP contribution >= 0.6 is 11.8 Å². The molecule has 3 N–H and O–H groups in total. The number of carbonyl (C=O) groups is 1. The van der Waals surface area contributed by atoms with Gasteiger partial charge in [0, 0.05) is 23.0 Å². The molecule has 1 rings (SSSR count). The van der Waals surface area contributed by atoms with Gasteiger partial charge in [-0.05, 0) is 31.2 Å². The quantitative estimate of drug-likeness (QED) is 0.800. The molecule has 1 aromatic carbocycles. The zero-order chi connectivity index (χ0) is 12.8. The summed E-state index contributed by atoms with van der Waals surface area (Å²) in [6, 6.07) is 6.05. The highest BCUT2D eigenvalue weighted by molar-refractivity contribution is 7.99. The maximum Gasteiger partial charge on any atom is 0.288 e. The molecule has 0 spiro atoms. The van der Waals surface area contributed by atoms with E-state index in [4.69, 9.17) is 5.73 Å². The summed E-state index contributed by atoms with van der Waals surface area (Å²) in [7, 11) is 0. The van der Waals surface area contributed by atoms with E-state index in [1.807, 2.05) is 0 Å².